The van der Waals surface area contributed by atoms with Gasteiger partial charge >= 0.3 is 0 Å². The molecule has 8 heteroatoms. The van der Waals surface area contributed by atoms with Gasteiger partial charge in [-0.1, -0.05) is 41.9 Å². The van der Waals surface area contributed by atoms with Gasteiger partial charge in [-0.3, -0.25) is 9.21 Å². The van der Waals surface area contributed by atoms with Crippen molar-refractivity contribution in [3.05, 3.63) is 83.4 Å². The van der Waals surface area contributed by atoms with E-state index in [2.05, 4.69) is 4.90 Å². The van der Waals surface area contributed by atoms with Crippen molar-refractivity contribution in [2.24, 2.45) is 0 Å². The molecule has 1 heterocycles. The second kappa shape index (κ2) is 10.5. The molecule has 0 bridgehead atoms. The monoisotopic (exact) mass is 486 g/mol. The van der Waals surface area contributed by atoms with Crippen LogP contribution in [0, 0.1) is 0 Å². The molecule has 0 unspecified atom stereocenters. The summed E-state index contributed by atoms with van der Waals surface area (Å²) in [5, 5.41) is 10.4. The highest BCUT2D eigenvalue weighted by atomic mass is 35.5. The largest absolute Gasteiger partial charge is 0.508 e. The minimum atomic E-state index is -4.00. The van der Waals surface area contributed by atoms with Crippen LogP contribution in [0.4, 0.5) is 5.69 Å². The lowest BCUT2D eigenvalue weighted by atomic mass is 10.2. The Morgan fingerprint density at radius 2 is 1.61 bits per heavy atom. The number of nitrogens with zero attached hydrogens (tertiary/aromatic N) is 2. The lowest BCUT2D eigenvalue weighted by Crippen LogP contribution is -2.30. The lowest BCUT2D eigenvalue weighted by Gasteiger charge is -2.25. The first-order valence-corrected chi connectivity index (χ1v) is 12.8. The van der Waals surface area contributed by atoms with Crippen LogP contribution >= 0.6 is 11.6 Å². The first-order chi connectivity index (χ1) is 15.9. The van der Waals surface area contributed by atoms with Crippen LogP contribution in [0.25, 0.3) is 0 Å². The van der Waals surface area contributed by atoms with E-state index >= 15 is 0 Å². The number of likely N-dealkylation sites (tertiary alicyclic amines) is 1. The van der Waals surface area contributed by atoms with Gasteiger partial charge in [-0.25, -0.2) is 8.42 Å². The summed E-state index contributed by atoms with van der Waals surface area (Å²) in [4.78, 5) is 2.38. The summed E-state index contributed by atoms with van der Waals surface area (Å²) in [6.45, 7) is 3.64. The molecule has 1 aliphatic rings. The van der Waals surface area contributed by atoms with Crippen molar-refractivity contribution in [3.63, 3.8) is 0 Å². The van der Waals surface area contributed by atoms with Crippen molar-refractivity contribution in [2.75, 3.05) is 30.5 Å². The van der Waals surface area contributed by atoms with E-state index < -0.39 is 10.0 Å². The third kappa shape index (κ3) is 5.61. The summed E-state index contributed by atoms with van der Waals surface area (Å²) in [7, 11) is -4.00. The number of phenols is 1. The van der Waals surface area contributed by atoms with E-state index in [9.17, 15) is 13.5 Å². The standard InChI is InChI=1S/C25H27ClN2O4S/c26-23-8-2-4-10-25(23)33(30,31)28(19-20-7-1-3-9-24(20)29)21-11-13-22(14-12-21)32-18-17-27-15-5-6-16-27/h1-4,7-14,29H,5-6,15-19H2. The molecule has 3 aromatic carbocycles. The highest BCUT2D eigenvalue weighted by molar-refractivity contribution is 7.93. The second-order valence-corrected chi connectivity index (χ2v) is 10.2. The fraction of sp³-hybridized carbons (Fsp3) is 0.280. The number of sulfonamides is 1. The molecule has 1 aliphatic heterocycles. The molecule has 1 fully saturated rings. The van der Waals surface area contributed by atoms with Crippen LogP contribution in [-0.2, 0) is 16.6 Å². The maximum Gasteiger partial charge on any atom is 0.266 e. The third-order valence-electron chi connectivity index (χ3n) is 5.71. The van der Waals surface area contributed by atoms with Gasteiger partial charge in [0.25, 0.3) is 10.0 Å². The summed E-state index contributed by atoms with van der Waals surface area (Å²) in [6.07, 6.45) is 2.48. The fourth-order valence-electron chi connectivity index (χ4n) is 3.89. The van der Waals surface area contributed by atoms with E-state index in [0.29, 0.717) is 23.6 Å². The Labute approximate surface area is 200 Å². The summed E-state index contributed by atoms with van der Waals surface area (Å²) < 4.78 is 34.3. The van der Waals surface area contributed by atoms with Gasteiger partial charge in [0.05, 0.1) is 17.3 Å². The van der Waals surface area contributed by atoms with Crippen molar-refractivity contribution < 1.29 is 18.3 Å². The Hall–Kier alpha value is -2.74. The molecular weight excluding hydrogens is 460 g/mol. The van der Waals surface area contributed by atoms with Gasteiger partial charge < -0.3 is 9.84 Å². The number of ether oxygens (including phenoxy) is 1. The molecule has 0 saturated carbocycles. The minimum absolute atomic E-state index is 0.00743. The van der Waals surface area contributed by atoms with Gasteiger partial charge in [-0.2, -0.15) is 0 Å². The summed E-state index contributed by atoms with van der Waals surface area (Å²) in [5.41, 5.74) is 0.934. The van der Waals surface area contributed by atoms with Crippen LogP contribution in [0.3, 0.4) is 0 Å². The molecule has 4 rings (SSSR count). The van der Waals surface area contributed by atoms with Crippen molar-refractivity contribution >= 4 is 27.3 Å². The lowest BCUT2D eigenvalue weighted by molar-refractivity contribution is 0.238. The number of aromatic hydroxyl groups is 1. The molecule has 33 heavy (non-hydrogen) atoms. The van der Waals surface area contributed by atoms with Crippen LogP contribution in [0.15, 0.2) is 77.7 Å². The Bertz CT molecular complexity index is 1180. The minimum Gasteiger partial charge on any atom is -0.508 e. The normalized spacial score (nSPS) is 14.3. The van der Waals surface area contributed by atoms with Crippen molar-refractivity contribution in [1.82, 2.24) is 4.90 Å². The molecule has 0 amide bonds. The van der Waals surface area contributed by atoms with Gasteiger partial charge in [0.1, 0.15) is 23.0 Å². The van der Waals surface area contributed by atoms with Crippen LogP contribution < -0.4 is 9.04 Å². The molecule has 6 nitrogen and oxygen atoms in total. The van der Waals surface area contributed by atoms with Crippen molar-refractivity contribution in [3.8, 4) is 11.5 Å². The zero-order chi connectivity index (χ0) is 23.3. The maximum absolute atomic E-state index is 13.6. The van der Waals surface area contributed by atoms with Gasteiger partial charge in [0.15, 0.2) is 0 Å². The topological polar surface area (TPSA) is 70.1 Å². The van der Waals surface area contributed by atoms with E-state index in [1.807, 2.05) is 0 Å². The molecular formula is C25H27ClN2O4S. The Morgan fingerprint density at radius 3 is 2.30 bits per heavy atom. The molecule has 0 aliphatic carbocycles. The number of hydrogen-bond acceptors (Lipinski definition) is 5. The molecule has 0 spiro atoms. The van der Waals surface area contributed by atoms with Gasteiger partial charge in [0, 0.05) is 12.1 Å². The van der Waals surface area contributed by atoms with Crippen molar-refractivity contribution in [2.45, 2.75) is 24.3 Å². The summed E-state index contributed by atoms with van der Waals surface area (Å²) in [6, 6.07) is 20.0. The number of hydrogen-bond donors (Lipinski definition) is 1. The zero-order valence-electron chi connectivity index (χ0n) is 18.2. The van der Waals surface area contributed by atoms with E-state index in [-0.39, 0.29) is 22.2 Å². The molecule has 0 radical (unpaired) electrons. The second-order valence-electron chi connectivity index (χ2n) is 7.96. The predicted molar refractivity (Wildman–Crippen MR) is 131 cm³/mol. The average molecular weight is 487 g/mol. The van der Waals surface area contributed by atoms with E-state index in [1.165, 1.54) is 29.3 Å². The highest BCUT2D eigenvalue weighted by Crippen LogP contribution is 2.32. The third-order valence-corrected chi connectivity index (χ3v) is 7.98. The number of halogens is 1. The highest BCUT2D eigenvalue weighted by Gasteiger charge is 2.28. The van der Waals surface area contributed by atoms with Crippen LogP contribution in [-0.4, -0.2) is 44.7 Å². The average Bonchev–Trinajstić information content (AvgIpc) is 3.33. The first kappa shape index (κ1) is 23.4. The van der Waals surface area contributed by atoms with E-state index in [0.717, 1.165) is 19.6 Å². The van der Waals surface area contributed by atoms with Crippen LogP contribution in [0.2, 0.25) is 5.02 Å². The molecule has 1 saturated heterocycles. The molecule has 0 atom stereocenters. The summed E-state index contributed by atoms with van der Waals surface area (Å²) in [5.74, 6) is 0.703. The molecule has 174 valence electrons. The number of anilines is 1. The number of phenolic OH excluding ortho intramolecular Hbond substituents is 1. The molecule has 1 N–H and O–H groups in total. The van der Waals surface area contributed by atoms with Crippen molar-refractivity contribution in [1.29, 1.82) is 0 Å². The molecule has 0 aromatic heterocycles. The van der Waals surface area contributed by atoms with Crippen LogP contribution in [0.1, 0.15) is 18.4 Å². The van der Waals surface area contributed by atoms with Gasteiger partial charge in [0.2, 0.25) is 0 Å². The SMILES string of the molecule is O=S(=O)(c1ccccc1Cl)N(Cc1ccccc1O)c1ccc(OCCN2CCCC2)cc1. The molecule has 3 aromatic rings. The Kier molecular flexibility index (Phi) is 7.42. The quantitative estimate of drug-likeness (QED) is 0.465. The van der Waals surface area contributed by atoms with Gasteiger partial charge in [-0.05, 0) is 68.4 Å². The smallest absolute Gasteiger partial charge is 0.266 e. The summed E-state index contributed by atoms with van der Waals surface area (Å²) >= 11 is 6.23. The predicted octanol–water partition coefficient (Wildman–Crippen LogP) is 4.92. The van der Waals surface area contributed by atoms with E-state index in [4.69, 9.17) is 16.3 Å². The fourth-order valence-corrected chi connectivity index (χ4v) is 5.83. The Morgan fingerprint density at radius 1 is 0.939 bits per heavy atom. The van der Waals surface area contributed by atoms with Gasteiger partial charge in [-0.15, -0.1) is 0 Å². The Balaban J connectivity index is 1.59. The number of benzene rings is 3. The maximum atomic E-state index is 13.6. The van der Waals surface area contributed by atoms with E-state index in [1.54, 1.807) is 60.7 Å². The zero-order valence-corrected chi connectivity index (χ0v) is 19.8. The first-order valence-electron chi connectivity index (χ1n) is 10.9. The number of rotatable bonds is 9. The number of para-hydroxylation sites is 1. The van der Waals surface area contributed by atoms with Crippen LogP contribution in [0.5, 0.6) is 11.5 Å².